The first-order chi connectivity index (χ1) is 15.6. The molecule has 7 nitrogen and oxygen atoms in total. The van der Waals surface area contributed by atoms with Gasteiger partial charge in [-0.1, -0.05) is 42.1 Å². The van der Waals surface area contributed by atoms with Crippen LogP contribution in [0.15, 0.2) is 76.7 Å². The van der Waals surface area contributed by atoms with Gasteiger partial charge >= 0.3 is 5.97 Å². The Morgan fingerprint density at radius 3 is 2.59 bits per heavy atom. The zero-order chi connectivity index (χ0) is 22.1. The molecule has 3 N–H and O–H groups in total. The van der Waals surface area contributed by atoms with Gasteiger partial charge in [-0.2, -0.15) is 0 Å². The van der Waals surface area contributed by atoms with E-state index in [4.69, 9.17) is 4.98 Å². The van der Waals surface area contributed by atoms with Gasteiger partial charge in [-0.3, -0.25) is 4.79 Å². The van der Waals surface area contributed by atoms with Crippen LogP contribution in [0.1, 0.15) is 26.4 Å². The number of H-pyrrole nitrogens is 1. The number of aromatic amines is 1. The van der Waals surface area contributed by atoms with Crippen LogP contribution in [0.2, 0.25) is 0 Å². The molecule has 1 amide bonds. The average Bonchev–Trinajstić information content (AvgIpc) is 3.26. The Kier molecular flexibility index (Phi) is 5.20. The summed E-state index contributed by atoms with van der Waals surface area (Å²) >= 11 is 1.37. The summed E-state index contributed by atoms with van der Waals surface area (Å²) < 4.78 is 0. The lowest BCUT2D eigenvalue weighted by Gasteiger charge is -2.11. The van der Waals surface area contributed by atoms with Gasteiger partial charge in [0, 0.05) is 40.2 Å². The Bertz CT molecular complexity index is 1350. The number of hydrogen-bond acceptors (Lipinski definition) is 5. The van der Waals surface area contributed by atoms with E-state index in [1.807, 2.05) is 36.4 Å². The molecule has 2 aromatic carbocycles. The first-order valence-corrected chi connectivity index (χ1v) is 10.8. The fraction of sp³-hybridized carbons (Fsp3) is 0.0833. The summed E-state index contributed by atoms with van der Waals surface area (Å²) in [6, 6.07) is 18.2. The predicted molar refractivity (Wildman–Crippen MR) is 121 cm³/mol. The molecule has 0 saturated heterocycles. The van der Waals surface area contributed by atoms with E-state index >= 15 is 0 Å². The minimum Gasteiger partial charge on any atom is -0.478 e. The molecule has 158 valence electrons. The van der Waals surface area contributed by atoms with Crippen molar-refractivity contribution < 1.29 is 14.7 Å². The van der Waals surface area contributed by atoms with E-state index in [-0.39, 0.29) is 11.5 Å². The lowest BCUT2D eigenvalue weighted by atomic mass is 10.1. The highest BCUT2D eigenvalue weighted by Gasteiger charge is 2.21. The van der Waals surface area contributed by atoms with E-state index in [0.717, 1.165) is 28.3 Å². The fourth-order valence-corrected chi connectivity index (χ4v) is 4.73. The number of amides is 1. The van der Waals surface area contributed by atoms with Gasteiger partial charge in [0.05, 0.1) is 22.5 Å². The second-order valence-corrected chi connectivity index (χ2v) is 8.33. The molecule has 1 aliphatic heterocycles. The number of aromatic nitrogens is 3. The van der Waals surface area contributed by atoms with Crippen molar-refractivity contribution in [3.63, 3.8) is 0 Å². The summed E-state index contributed by atoms with van der Waals surface area (Å²) in [5, 5.41) is 12.4. The van der Waals surface area contributed by atoms with Gasteiger partial charge in [0.1, 0.15) is 0 Å². The molecule has 0 spiro atoms. The number of carboxylic acids is 1. The largest absolute Gasteiger partial charge is 0.478 e. The Balaban J connectivity index is 1.52. The highest BCUT2D eigenvalue weighted by atomic mass is 32.2. The van der Waals surface area contributed by atoms with Crippen LogP contribution in [0.4, 0.5) is 0 Å². The molecular weight excluding hydrogens is 424 g/mol. The van der Waals surface area contributed by atoms with Gasteiger partial charge in [-0.25, -0.2) is 14.8 Å². The lowest BCUT2D eigenvalue weighted by Crippen LogP contribution is -2.31. The maximum atomic E-state index is 12.1. The van der Waals surface area contributed by atoms with E-state index in [2.05, 4.69) is 15.3 Å². The Labute approximate surface area is 187 Å². The van der Waals surface area contributed by atoms with Crippen molar-refractivity contribution in [2.24, 2.45) is 0 Å². The molecule has 8 heteroatoms. The number of nitrogens with one attached hydrogen (secondary N) is 2. The Morgan fingerprint density at radius 1 is 1.00 bits per heavy atom. The van der Waals surface area contributed by atoms with Crippen LogP contribution < -0.4 is 5.32 Å². The number of carboxylic acid groups (broad SMARTS) is 1. The van der Waals surface area contributed by atoms with Crippen molar-refractivity contribution in [1.82, 2.24) is 20.3 Å². The summed E-state index contributed by atoms with van der Waals surface area (Å²) in [5.41, 5.74) is 4.05. The summed E-state index contributed by atoms with van der Waals surface area (Å²) in [7, 11) is 0. The van der Waals surface area contributed by atoms with E-state index < -0.39 is 5.97 Å². The quantitative estimate of drug-likeness (QED) is 0.426. The van der Waals surface area contributed by atoms with Gasteiger partial charge in [0.2, 0.25) is 0 Å². The van der Waals surface area contributed by atoms with Crippen LogP contribution in [-0.2, 0) is 6.42 Å². The number of rotatable bonds is 5. The first-order valence-electron chi connectivity index (χ1n) is 10.0. The third-order valence-corrected chi connectivity index (χ3v) is 6.35. The third kappa shape index (κ3) is 3.76. The number of hydrogen-bond donors (Lipinski definition) is 3. The van der Waals surface area contributed by atoms with Crippen LogP contribution >= 0.6 is 11.8 Å². The molecule has 5 rings (SSSR count). The lowest BCUT2D eigenvalue weighted by molar-refractivity contribution is 0.0693. The zero-order valence-electron chi connectivity index (χ0n) is 16.8. The standard InChI is InChI=1S/C24H18N4O3S/c29-23-16-13-19(27-17(16)9-12-26-23)18-10-11-25-22(28-18)14-5-1-3-7-20(14)32-21-8-4-2-6-15(21)24(30)31/h1-8,10-11,13,27H,9,12H2,(H,26,29)(H,30,31). The number of benzene rings is 2. The topological polar surface area (TPSA) is 108 Å². The molecule has 0 aliphatic carbocycles. The molecule has 0 bridgehead atoms. The number of nitrogens with zero attached hydrogens (tertiary/aromatic N) is 2. The molecule has 4 aromatic rings. The first kappa shape index (κ1) is 20.0. The van der Waals surface area contributed by atoms with Gasteiger partial charge in [0.15, 0.2) is 5.82 Å². The summed E-state index contributed by atoms with van der Waals surface area (Å²) in [4.78, 5) is 37.7. The van der Waals surface area contributed by atoms with Crippen LogP contribution in [0.3, 0.4) is 0 Å². The summed E-state index contributed by atoms with van der Waals surface area (Å²) in [6.07, 6.45) is 2.44. The molecule has 0 radical (unpaired) electrons. The molecule has 0 unspecified atom stereocenters. The predicted octanol–water partition coefficient (Wildman–Crippen LogP) is 4.27. The average molecular weight is 443 g/mol. The summed E-state index contributed by atoms with van der Waals surface area (Å²) in [6.45, 7) is 0.614. The molecule has 32 heavy (non-hydrogen) atoms. The smallest absolute Gasteiger partial charge is 0.336 e. The Morgan fingerprint density at radius 2 is 1.78 bits per heavy atom. The van der Waals surface area contributed by atoms with E-state index in [1.165, 1.54) is 11.8 Å². The molecule has 0 fully saturated rings. The highest BCUT2D eigenvalue weighted by molar-refractivity contribution is 7.99. The highest BCUT2D eigenvalue weighted by Crippen LogP contribution is 2.36. The molecular formula is C24H18N4O3S. The monoisotopic (exact) mass is 442 g/mol. The Hall–Kier alpha value is -3.91. The van der Waals surface area contributed by atoms with Crippen LogP contribution in [0.25, 0.3) is 22.8 Å². The molecule has 0 saturated carbocycles. The molecule has 3 heterocycles. The van der Waals surface area contributed by atoms with Crippen molar-refractivity contribution in [2.45, 2.75) is 16.2 Å². The molecule has 0 atom stereocenters. The minimum atomic E-state index is -0.969. The van der Waals surface area contributed by atoms with Crippen LogP contribution in [-0.4, -0.2) is 38.5 Å². The number of carbonyl (C=O) groups excluding carboxylic acids is 1. The maximum absolute atomic E-state index is 12.1. The third-order valence-electron chi connectivity index (χ3n) is 5.20. The maximum Gasteiger partial charge on any atom is 0.336 e. The van der Waals surface area contributed by atoms with E-state index in [0.29, 0.717) is 28.5 Å². The minimum absolute atomic E-state index is 0.0816. The van der Waals surface area contributed by atoms with Crippen LogP contribution in [0, 0.1) is 0 Å². The molecule has 1 aliphatic rings. The van der Waals surface area contributed by atoms with Crippen molar-refractivity contribution >= 4 is 23.6 Å². The second-order valence-electron chi connectivity index (χ2n) is 7.25. The van der Waals surface area contributed by atoms with E-state index in [9.17, 15) is 14.7 Å². The number of aromatic carboxylic acids is 1. The number of fused-ring (bicyclic) bond motifs is 1. The normalized spacial score (nSPS) is 12.8. The summed E-state index contributed by atoms with van der Waals surface area (Å²) in [5.74, 6) is -0.527. The van der Waals surface area contributed by atoms with E-state index in [1.54, 1.807) is 30.5 Å². The van der Waals surface area contributed by atoms with Crippen molar-refractivity contribution in [2.75, 3.05) is 6.54 Å². The van der Waals surface area contributed by atoms with Crippen molar-refractivity contribution in [1.29, 1.82) is 0 Å². The van der Waals surface area contributed by atoms with Gasteiger partial charge in [-0.15, -0.1) is 0 Å². The zero-order valence-corrected chi connectivity index (χ0v) is 17.6. The van der Waals surface area contributed by atoms with Crippen molar-refractivity contribution in [3.05, 3.63) is 83.7 Å². The number of carbonyl (C=O) groups is 2. The van der Waals surface area contributed by atoms with Crippen LogP contribution in [0.5, 0.6) is 0 Å². The van der Waals surface area contributed by atoms with Crippen molar-refractivity contribution in [3.8, 4) is 22.8 Å². The second kappa shape index (κ2) is 8.32. The SMILES string of the molecule is O=C(O)c1ccccc1Sc1ccccc1-c1nccc(-c2cc3c([nH]2)CCNC3=O)n1. The van der Waals surface area contributed by atoms with Gasteiger partial charge < -0.3 is 15.4 Å². The van der Waals surface area contributed by atoms with Gasteiger partial charge in [-0.05, 0) is 30.3 Å². The van der Waals surface area contributed by atoms with Gasteiger partial charge in [0.25, 0.3) is 5.91 Å². The molecule has 2 aromatic heterocycles. The fourth-order valence-electron chi connectivity index (χ4n) is 3.66.